The van der Waals surface area contributed by atoms with Gasteiger partial charge >= 0.3 is 6.18 Å². The molecule has 0 aromatic heterocycles. The third-order valence-corrected chi connectivity index (χ3v) is 1.21. The predicted octanol–water partition coefficient (Wildman–Crippen LogP) is 0.768. The van der Waals surface area contributed by atoms with Gasteiger partial charge in [0.15, 0.2) is 12.4 Å². The minimum atomic E-state index is -4.21. The number of hydrogen-bond acceptors (Lipinski definition) is 2. The van der Waals surface area contributed by atoms with Crippen molar-refractivity contribution in [3.8, 4) is 0 Å². The second-order valence-electron chi connectivity index (χ2n) is 2.17. The summed E-state index contributed by atoms with van der Waals surface area (Å²) in [5.41, 5.74) is 0. The maximum atomic E-state index is 11.8. The number of nitrogens with zero attached hydrogens (tertiary/aromatic N) is 2. The summed E-state index contributed by atoms with van der Waals surface area (Å²) in [5, 5.41) is 0. The molecule has 1 aliphatic heterocycles. The topological polar surface area (TPSA) is 15.6 Å². The molecule has 0 aliphatic carbocycles. The van der Waals surface area contributed by atoms with E-state index in [1.807, 2.05) is 0 Å². The summed E-state index contributed by atoms with van der Waals surface area (Å²) in [6.07, 6.45) is -2.00. The lowest BCUT2D eigenvalue weighted by molar-refractivity contribution is -0.145. The normalized spacial score (nSPS) is 26.0. The van der Waals surface area contributed by atoms with Gasteiger partial charge in [-0.15, -0.1) is 0 Å². The molecule has 1 heterocycles. The Labute approximate surface area is 56.3 Å². The van der Waals surface area contributed by atoms with Crippen LogP contribution < -0.4 is 0 Å². The molecule has 0 amide bonds. The Bertz CT molecular complexity index is 151. The first kappa shape index (κ1) is 7.37. The van der Waals surface area contributed by atoms with Gasteiger partial charge in [0.05, 0.1) is 6.54 Å². The van der Waals surface area contributed by atoms with Crippen LogP contribution in [0.3, 0.4) is 0 Å². The highest BCUT2D eigenvalue weighted by Crippen LogP contribution is 2.24. The second-order valence-corrected chi connectivity index (χ2v) is 2.17. The first-order chi connectivity index (χ1) is 4.50. The molecule has 0 fully saturated rings. The molecule has 57 valence electrons. The zero-order chi connectivity index (χ0) is 7.78. The van der Waals surface area contributed by atoms with Gasteiger partial charge in [-0.1, -0.05) is 0 Å². The van der Waals surface area contributed by atoms with Crippen LogP contribution in [-0.2, 0) is 0 Å². The highest BCUT2D eigenvalue weighted by atomic mass is 19.4. The highest BCUT2D eigenvalue weighted by Gasteiger charge is 2.41. The molecule has 0 saturated heterocycles. The van der Waals surface area contributed by atoms with Gasteiger partial charge in [-0.05, 0) is 0 Å². The van der Waals surface area contributed by atoms with E-state index in [0.29, 0.717) is 0 Å². The van der Waals surface area contributed by atoms with Gasteiger partial charge in [-0.25, -0.2) is 0 Å². The van der Waals surface area contributed by atoms with Gasteiger partial charge in [0, 0.05) is 7.05 Å². The molecule has 1 unspecified atom stereocenters. The van der Waals surface area contributed by atoms with Crippen molar-refractivity contribution in [2.24, 2.45) is 4.99 Å². The minimum Gasteiger partial charge on any atom is -0.354 e. The Hall–Kier alpha value is -0.740. The Morgan fingerprint density at radius 2 is 2.20 bits per heavy atom. The maximum absolute atomic E-state index is 11.8. The fourth-order valence-electron chi connectivity index (χ4n) is 0.686. The average Bonchev–Trinajstić information content (AvgIpc) is 2.11. The van der Waals surface area contributed by atoms with Crippen LogP contribution in [0.25, 0.3) is 0 Å². The number of halogens is 3. The molecule has 0 saturated carbocycles. The lowest BCUT2D eigenvalue weighted by Crippen LogP contribution is -2.31. The van der Waals surface area contributed by atoms with Crippen molar-refractivity contribution in [3.63, 3.8) is 0 Å². The summed E-state index contributed by atoms with van der Waals surface area (Å²) in [6, 6.07) is -1.57. The lowest BCUT2D eigenvalue weighted by Gasteiger charge is -2.12. The molecular weight excluding hydrogens is 145 g/mol. The fourth-order valence-corrected chi connectivity index (χ4v) is 0.686. The van der Waals surface area contributed by atoms with Crippen LogP contribution in [0.4, 0.5) is 13.2 Å². The van der Waals surface area contributed by atoms with E-state index in [-0.39, 0.29) is 6.54 Å². The van der Waals surface area contributed by atoms with E-state index in [0.717, 1.165) is 0 Å². The summed E-state index contributed by atoms with van der Waals surface area (Å²) < 4.78 is 35.3. The summed E-state index contributed by atoms with van der Waals surface area (Å²) in [6.45, 7) is -0.108. The van der Waals surface area contributed by atoms with Crippen LogP contribution in [0.15, 0.2) is 4.99 Å². The van der Waals surface area contributed by atoms with Crippen molar-refractivity contribution in [2.45, 2.75) is 12.2 Å². The molecule has 1 atom stereocenters. The van der Waals surface area contributed by atoms with Gasteiger partial charge in [0.1, 0.15) is 0 Å². The molecule has 1 aliphatic rings. The van der Waals surface area contributed by atoms with Crippen LogP contribution in [-0.4, -0.2) is 37.0 Å². The van der Waals surface area contributed by atoms with E-state index >= 15 is 0 Å². The van der Waals surface area contributed by atoms with Crippen LogP contribution in [0, 0.1) is 0 Å². The predicted molar refractivity (Wildman–Crippen MR) is 29.9 cm³/mol. The summed E-state index contributed by atoms with van der Waals surface area (Å²) >= 11 is 0. The molecule has 0 bridgehead atoms. The lowest BCUT2D eigenvalue weighted by atomic mass is 10.3. The van der Waals surface area contributed by atoms with Crippen molar-refractivity contribution in [1.29, 1.82) is 0 Å². The zero-order valence-electron chi connectivity index (χ0n) is 5.31. The van der Waals surface area contributed by atoms with E-state index in [4.69, 9.17) is 0 Å². The van der Waals surface area contributed by atoms with Gasteiger partial charge in [0.2, 0.25) is 0 Å². The van der Waals surface area contributed by atoms with Gasteiger partial charge in [0.25, 0.3) is 0 Å². The van der Waals surface area contributed by atoms with E-state index < -0.39 is 12.2 Å². The first-order valence-electron chi connectivity index (χ1n) is 2.73. The molecule has 0 spiro atoms. The quantitative estimate of drug-likeness (QED) is 0.499. The third kappa shape index (κ3) is 1.40. The van der Waals surface area contributed by atoms with Crippen molar-refractivity contribution in [3.05, 3.63) is 0 Å². The smallest absolute Gasteiger partial charge is 0.354 e. The molecule has 0 aromatic carbocycles. The Morgan fingerprint density at radius 3 is 2.40 bits per heavy atom. The minimum absolute atomic E-state index is 0.108. The van der Waals surface area contributed by atoms with Crippen molar-refractivity contribution in [2.75, 3.05) is 13.6 Å². The van der Waals surface area contributed by atoms with E-state index in [9.17, 15) is 13.2 Å². The maximum Gasteiger partial charge on any atom is 0.412 e. The van der Waals surface area contributed by atoms with E-state index in [1.165, 1.54) is 11.9 Å². The monoisotopic (exact) mass is 151 g/mol. The van der Waals surface area contributed by atoms with Gasteiger partial charge in [-0.3, -0.25) is 4.99 Å². The summed E-state index contributed by atoms with van der Waals surface area (Å²) in [4.78, 5) is 4.43. The highest BCUT2D eigenvalue weighted by molar-refractivity contribution is 5.57. The number of hydrogen-bond donors (Lipinski definition) is 0. The second kappa shape index (κ2) is 2.14. The van der Waals surface area contributed by atoms with E-state index in [2.05, 4.69) is 11.3 Å². The van der Waals surface area contributed by atoms with Crippen molar-refractivity contribution >= 4 is 6.34 Å². The molecule has 0 N–H and O–H groups in total. The third-order valence-electron chi connectivity index (χ3n) is 1.21. The largest absolute Gasteiger partial charge is 0.412 e. The van der Waals surface area contributed by atoms with Crippen LogP contribution in [0.1, 0.15) is 0 Å². The molecular formula is C5H6F3N2. The summed E-state index contributed by atoms with van der Waals surface area (Å²) in [7, 11) is 1.51. The van der Waals surface area contributed by atoms with Crippen molar-refractivity contribution in [1.82, 2.24) is 4.90 Å². The van der Waals surface area contributed by atoms with Gasteiger partial charge in [-0.2, -0.15) is 13.2 Å². The first-order valence-corrected chi connectivity index (χ1v) is 2.73. The number of rotatable bonds is 0. The van der Waals surface area contributed by atoms with Crippen LogP contribution in [0.5, 0.6) is 0 Å². The van der Waals surface area contributed by atoms with Crippen molar-refractivity contribution < 1.29 is 13.2 Å². The zero-order valence-corrected chi connectivity index (χ0v) is 5.31. The fraction of sp³-hybridized carbons (Fsp3) is 0.800. The standard InChI is InChI=1S/C5H6F3N2/c1-10-2-4(9-3-10)5(6,7)8/h4H,2H2,1H3. The number of alkyl halides is 3. The number of aliphatic imine (C=N–C) groups is 1. The molecule has 5 heteroatoms. The SMILES string of the molecule is CN1[C]=NC(C(F)(F)F)C1. The molecule has 0 aromatic rings. The summed E-state index contributed by atoms with van der Waals surface area (Å²) in [5.74, 6) is 0. The van der Waals surface area contributed by atoms with E-state index in [1.54, 1.807) is 0 Å². The average molecular weight is 151 g/mol. The Balaban J connectivity index is 2.55. The molecule has 2 nitrogen and oxygen atoms in total. The van der Waals surface area contributed by atoms with Gasteiger partial charge < -0.3 is 4.90 Å². The van der Waals surface area contributed by atoms with Crippen LogP contribution >= 0.6 is 0 Å². The molecule has 1 radical (unpaired) electrons. The molecule has 1 rings (SSSR count). The Morgan fingerprint density at radius 1 is 1.60 bits per heavy atom. The van der Waals surface area contributed by atoms with Crippen LogP contribution in [0.2, 0.25) is 0 Å². The Kier molecular flexibility index (Phi) is 1.58. The number of likely N-dealkylation sites (N-methyl/N-ethyl adjacent to an activating group) is 1. The molecule has 10 heavy (non-hydrogen) atoms.